The third-order valence-electron chi connectivity index (χ3n) is 11.5. The summed E-state index contributed by atoms with van der Waals surface area (Å²) in [5.74, 6) is -2.33. The summed E-state index contributed by atoms with van der Waals surface area (Å²) >= 11 is 0. The first-order chi connectivity index (χ1) is 30.7. The number of aliphatic imine (C=N–C) groups is 1. The molecule has 22 nitrogen and oxygen atoms in total. The summed E-state index contributed by atoms with van der Waals surface area (Å²) in [4.78, 5) is 69.2. The number of nitrogens with zero attached hydrogens (tertiary/aromatic N) is 2. The molecule has 64 heavy (non-hydrogen) atoms. The molecule has 0 saturated carbocycles. The summed E-state index contributed by atoms with van der Waals surface area (Å²) in [5, 5.41) is 61.9. The fourth-order valence-electron chi connectivity index (χ4n) is 7.88. The molecule has 0 bridgehead atoms. The summed E-state index contributed by atoms with van der Waals surface area (Å²) in [7, 11) is 0. The van der Waals surface area contributed by atoms with Crippen molar-refractivity contribution in [1.82, 2.24) is 25.5 Å². The van der Waals surface area contributed by atoms with Crippen molar-refractivity contribution in [3.8, 4) is 0 Å². The smallest absolute Gasteiger partial charge is 0.330 e. The van der Waals surface area contributed by atoms with Gasteiger partial charge in [-0.05, 0) is 32.2 Å². The quantitative estimate of drug-likeness (QED) is 0.0226. The number of unbranched alkanes of at least 4 members (excludes halogenated alkanes) is 13. The lowest BCUT2D eigenvalue weighted by molar-refractivity contribution is -0.228. The number of carboxylic acid groups (broad SMARTS) is 1. The van der Waals surface area contributed by atoms with E-state index in [0.29, 0.717) is 12.8 Å². The van der Waals surface area contributed by atoms with Gasteiger partial charge < -0.3 is 72.9 Å². The largest absolute Gasteiger partial charge is 0.480 e. The topological polar surface area (TPSA) is 361 Å². The molecule has 0 aromatic carbocycles. The van der Waals surface area contributed by atoms with Crippen LogP contribution in [0.2, 0.25) is 0 Å². The van der Waals surface area contributed by atoms with Crippen molar-refractivity contribution in [1.29, 1.82) is 0 Å². The molecule has 2 amide bonds. The molecule has 0 spiro atoms. The minimum absolute atomic E-state index is 0.0379. The van der Waals surface area contributed by atoms with Gasteiger partial charge in [-0.25, -0.2) is 4.79 Å². The number of H-pyrrole nitrogens is 1. The maximum absolute atomic E-state index is 13.3. The number of carboxylic acids is 1. The van der Waals surface area contributed by atoms with Crippen LogP contribution in [0, 0.1) is 0 Å². The lowest BCUT2D eigenvalue weighted by atomic mass is 9.98. The number of hydrogen-bond acceptors (Lipinski definition) is 15. The Labute approximate surface area is 374 Å². The molecule has 2 fully saturated rings. The normalized spacial score (nSPS) is 24.5. The highest BCUT2D eigenvalue weighted by molar-refractivity contribution is 5.87. The lowest BCUT2D eigenvalue weighted by Crippen LogP contribution is -2.57. The number of aliphatic hydroxyl groups excluding tert-OH is 4. The minimum atomic E-state index is -1.88. The van der Waals surface area contributed by atoms with Gasteiger partial charge >= 0.3 is 11.7 Å². The molecule has 15 N–H and O–H groups in total. The molecule has 2 aliphatic heterocycles. The summed E-state index contributed by atoms with van der Waals surface area (Å²) in [6.45, 7) is 2.21. The van der Waals surface area contributed by atoms with E-state index < -0.39 is 90.5 Å². The van der Waals surface area contributed by atoms with E-state index in [2.05, 4.69) is 27.9 Å². The molecule has 22 heteroatoms. The molecule has 3 rings (SSSR count). The molecule has 1 aromatic rings. The van der Waals surface area contributed by atoms with Crippen molar-refractivity contribution < 1.29 is 54.1 Å². The van der Waals surface area contributed by atoms with Crippen LogP contribution in [0.4, 0.5) is 0 Å². The molecule has 3 heterocycles. The van der Waals surface area contributed by atoms with Crippen LogP contribution in [-0.2, 0) is 28.6 Å². The highest BCUT2D eigenvalue weighted by Crippen LogP contribution is 2.34. The third-order valence-corrected chi connectivity index (χ3v) is 11.5. The second-order valence-corrected chi connectivity index (χ2v) is 16.7. The number of ether oxygens (including phenoxy) is 3. The van der Waals surface area contributed by atoms with Gasteiger partial charge in [-0.1, -0.05) is 90.4 Å². The van der Waals surface area contributed by atoms with Crippen LogP contribution in [0.25, 0.3) is 0 Å². The van der Waals surface area contributed by atoms with Gasteiger partial charge in [0.05, 0.1) is 0 Å². The molecule has 0 radical (unpaired) electrons. The van der Waals surface area contributed by atoms with Gasteiger partial charge in [0, 0.05) is 38.3 Å². The van der Waals surface area contributed by atoms with Crippen LogP contribution >= 0.6 is 0 Å². The van der Waals surface area contributed by atoms with Crippen LogP contribution in [-0.4, -0.2) is 146 Å². The highest BCUT2D eigenvalue weighted by Gasteiger charge is 2.54. The van der Waals surface area contributed by atoms with E-state index in [9.17, 15) is 49.5 Å². The number of nitrogens with one attached hydrogen (secondary N) is 4. The van der Waals surface area contributed by atoms with Gasteiger partial charge in [0.1, 0.15) is 54.8 Å². The summed E-state index contributed by atoms with van der Waals surface area (Å²) in [5.41, 5.74) is 14.8. The number of amides is 2. The second-order valence-electron chi connectivity index (χ2n) is 16.7. The van der Waals surface area contributed by atoms with Gasteiger partial charge in [0.2, 0.25) is 11.8 Å². The number of rotatable bonds is 33. The van der Waals surface area contributed by atoms with E-state index in [0.717, 1.165) is 36.1 Å². The summed E-state index contributed by atoms with van der Waals surface area (Å²) in [6.07, 6.45) is 4.06. The number of carbonyl (C=O) groups is 3. The number of carbonyl (C=O) groups excluding carboxylic acids is 2. The molecule has 0 aliphatic carbocycles. The first-order valence-electron chi connectivity index (χ1n) is 23.0. The van der Waals surface area contributed by atoms with Gasteiger partial charge in [-0.2, -0.15) is 0 Å². The van der Waals surface area contributed by atoms with Crippen LogP contribution < -0.4 is 44.4 Å². The molecule has 0 unspecified atom stereocenters. The maximum Gasteiger partial charge on any atom is 0.330 e. The Kier molecular flexibility index (Phi) is 25.1. The predicted octanol–water partition coefficient (Wildman–Crippen LogP) is -1.09. The summed E-state index contributed by atoms with van der Waals surface area (Å²) in [6, 6.07) is -1.64. The molecule has 366 valence electrons. The minimum Gasteiger partial charge on any atom is -0.480 e. The maximum atomic E-state index is 13.3. The Morgan fingerprint density at radius 1 is 0.844 bits per heavy atom. The Bertz CT molecular complexity index is 1680. The lowest BCUT2D eigenvalue weighted by Gasteiger charge is -2.33. The standard InChI is InChI=1S/C42H75N9O13/c1-2-3-4-5-6-7-8-9-10-11-12-13-14-15-19-28(52)49-26(18-16-21-48-41(44)45)37(58)47-23-17-22-46-30(39(59)60)35(64-40-34(57)31(54)27(25-43)62-40)36-32(55)33(56)38(63-36)51-24-20-29(53)50-42(51)61/h20,24,26-27,30-36,38,40,46,54-57H,2-19,21-23,25,43H2,1H3,(H,47,58)(H,49,52)(H,59,60)(H4,44,45,48)(H,50,53,61)/t26-,27+,30-,31+,32-,33+,34+,35-,36-,38+,40-/m0/s1. The monoisotopic (exact) mass is 914 g/mol. The van der Waals surface area contributed by atoms with Gasteiger partial charge in [0.15, 0.2) is 18.5 Å². The number of aliphatic hydroxyl groups is 4. The SMILES string of the molecule is CCCCCCCCCCCCCCCCC(=O)N[C@@H](CCCN=C(N)N)C(=O)NCCCN[C@H](C(=O)O)[C@H](O[C@@H]1O[C@H](CN)[C@@H](O)[C@H]1O)[C@H]1O[C@@H](n2ccc(=O)[nH]c2=O)[C@H](O)[C@@H]1O. The van der Waals surface area contributed by atoms with Crippen LogP contribution in [0.3, 0.4) is 0 Å². The number of aliphatic carboxylic acids is 1. The average Bonchev–Trinajstić information content (AvgIpc) is 3.70. The fraction of sp³-hybridized carbons (Fsp3) is 0.810. The summed E-state index contributed by atoms with van der Waals surface area (Å²) < 4.78 is 18.0. The van der Waals surface area contributed by atoms with Crippen molar-refractivity contribution in [2.24, 2.45) is 22.2 Å². The zero-order valence-electron chi connectivity index (χ0n) is 37.2. The van der Waals surface area contributed by atoms with Gasteiger partial charge in [-0.3, -0.25) is 33.7 Å². The zero-order valence-corrected chi connectivity index (χ0v) is 37.2. The van der Waals surface area contributed by atoms with E-state index in [4.69, 9.17) is 31.4 Å². The molecule has 11 atom stereocenters. The van der Waals surface area contributed by atoms with Crippen LogP contribution in [0.5, 0.6) is 0 Å². The predicted molar refractivity (Wildman–Crippen MR) is 236 cm³/mol. The van der Waals surface area contributed by atoms with E-state index in [1.54, 1.807) is 0 Å². The van der Waals surface area contributed by atoms with Crippen molar-refractivity contribution in [3.05, 3.63) is 33.1 Å². The van der Waals surface area contributed by atoms with E-state index >= 15 is 0 Å². The molecule has 2 saturated heterocycles. The average molecular weight is 914 g/mol. The second kappa shape index (κ2) is 29.5. The van der Waals surface area contributed by atoms with Crippen molar-refractivity contribution >= 4 is 23.7 Å². The number of aromatic nitrogens is 2. The zero-order chi connectivity index (χ0) is 47.0. The third kappa shape index (κ3) is 18.1. The van der Waals surface area contributed by atoms with E-state index in [1.165, 1.54) is 64.2 Å². The Hall–Kier alpha value is -4.00. The number of aromatic amines is 1. The Balaban J connectivity index is 1.55. The Morgan fingerprint density at radius 2 is 1.47 bits per heavy atom. The van der Waals surface area contributed by atoms with Crippen molar-refractivity contribution in [2.45, 2.75) is 190 Å². The number of hydrogen-bond donors (Lipinski definition) is 12. The van der Waals surface area contributed by atoms with Gasteiger partial charge in [0.25, 0.3) is 5.56 Å². The van der Waals surface area contributed by atoms with Crippen molar-refractivity contribution in [3.63, 3.8) is 0 Å². The fourth-order valence-corrected chi connectivity index (χ4v) is 7.88. The number of guanidine groups is 1. The molecular formula is C42H75N9O13. The highest BCUT2D eigenvalue weighted by atomic mass is 16.7. The first kappa shape index (κ1) is 54.3. The Morgan fingerprint density at radius 3 is 2.03 bits per heavy atom. The molecule has 2 aliphatic rings. The van der Waals surface area contributed by atoms with Crippen molar-refractivity contribution in [2.75, 3.05) is 26.2 Å². The van der Waals surface area contributed by atoms with Crippen LogP contribution in [0.15, 0.2) is 26.8 Å². The van der Waals surface area contributed by atoms with Gasteiger partial charge in [-0.15, -0.1) is 0 Å². The number of nitrogens with two attached hydrogens (primary N) is 3. The molecular weight excluding hydrogens is 839 g/mol. The van der Waals surface area contributed by atoms with E-state index in [-0.39, 0.29) is 57.3 Å². The van der Waals surface area contributed by atoms with Crippen LogP contribution in [0.1, 0.15) is 129 Å². The van der Waals surface area contributed by atoms with E-state index in [1.807, 2.05) is 4.98 Å². The molecule has 1 aromatic heterocycles. The first-order valence-corrected chi connectivity index (χ1v) is 23.0.